The van der Waals surface area contributed by atoms with Gasteiger partial charge in [-0.05, 0) is 66.9 Å². The Bertz CT molecular complexity index is 1130. The van der Waals surface area contributed by atoms with E-state index in [0.29, 0.717) is 30.2 Å². The van der Waals surface area contributed by atoms with Gasteiger partial charge >= 0.3 is 12.0 Å². The third kappa shape index (κ3) is 9.89. The van der Waals surface area contributed by atoms with Gasteiger partial charge in [0.05, 0.1) is 13.0 Å². The van der Waals surface area contributed by atoms with Crippen molar-refractivity contribution in [1.82, 2.24) is 0 Å². The van der Waals surface area contributed by atoms with E-state index in [1.807, 2.05) is 45.0 Å². The molecular weight excluding hydrogens is 458 g/mol. The maximum absolute atomic E-state index is 12.4. The second-order valence-electron chi connectivity index (χ2n) is 7.69. The molecule has 3 rings (SSSR count). The van der Waals surface area contributed by atoms with E-state index < -0.39 is 5.97 Å². The first-order chi connectivity index (χ1) is 17.4. The Morgan fingerprint density at radius 1 is 0.806 bits per heavy atom. The molecule has 0 saturated heterocycles. The molecule has 0 fully saturated rings. The molecule has 3 aromatic carbocycles. The van der Waals surface area contributed by atoms with Crippen LogP contribution >= 0.6 is 0 Å². The van der Waals surface area contributed by atoms with Gasteiger partial charge in [0.1, 0.15) is 5.75 Å². The third-order valence-electron chi connectivity index (χ3n) is 4.91. The van der Waals surface area contributed by atoms with Gasteiger partial charge in [0.2, 0.25) is 5.91 Å². The van der Waals surface area contributed by atoms with Crippen molar-refractivity contribution in [2.45, 2.75) is 40.0 Å². The fourth-order valence-electron chi connectivity index (χ4n) is 3.14. The van der Waals surface area contributed by atoms with Crippen molar-refractivity contribution in [3.63, 3.8) is 0 Å². The van der Waals surface area contributed by atoms with E-state index >= 15 is 0 Å². The standard InChI is InChI=1S/C26H27N3O5.C2H6/c1-18-5-2-3-6-23(18)29-26(33)28-21-10-8-19(9-11-21)17-24(30)27-20-12-14-22(15-13-20)34-16-4-7-25(31)32;1-2/h2-3,5-6,8-15H,4,7,16-17H2,1H3,(H,27,30)(H,31,32)(H2,28,29,33);1-2H3. The number of amides is 3. The van der Waals surface area contributed by atoms with Gasteiger partial charge in [-0.3, -0.25) is 9.59 Å². The van der Waals surface area contributed by atoms with Crippen LogP contribution in [0.5, 0.6) is 5.75 Å². The van der Waals surface area contributed by atoms with E-state index in [1.54, 1.807) is 48.5 Å². The van der Waals surface area contributed by atoms with Gasteiger partial charge in [-0.2, -0.15) is 0 Å². The van der Waals surface area contributed by atoms with Gasteiger partial charge in [0.25, 0.3) is 0 Å². The third-order valence-corrected chi connectivity index (χ3v) is 4.91. The van der Waals surface area contributed by atoms with Crippen LogP contribution in [0, 0.1) is 6.92 Å². The summed E-state index contributed by atoms with van der Waals surface area (Å²) < 4.78 is 5.48. The number of benzene rings is 3. The van der Waals surface area contributed by atoms with E-state index in [0.717, 1.165) is 16.8 Å². The summed E-state index contributed by atoms with van der Waals surface area (Å²) in [6.45, 7) is 6.24. The van der Waals surface area contributed by atoms with Crippen LogP contribution in [0.15, 0.2) is 72.8 Å². The van der Waals surface area contributed by atoms with Gasteiger partial charge in [0, 0.05) is 23.5 Å². The molecule has 3 amide bonds. The van der Waals surface area contributed by atoms with Crippen LogP contribution in [0.2, 0.25) is 0 Å². The molecule has 0 aliphatic carbocycles. The number of urea groups is 1. The quantitative estimate of drug-likeness (QED) is 0.256. The molecule has 4 N–H and O–H groups in total. The summed E-state index contributed by atoms with van der Waals surface area (Å²) in [6, 6.07) is 21.1. The Balaban J connectivity index is 0.00000222. The Labute approximate surface area is 211 Å². The minimum absolute atomic E-state index is 0.0613. The first-order valence-corrected chi connectivity index (χ1v) is 11.9. The topological polar surface area (TPSA) is 117 Å². The zero-order valence-electron chi connectivity index (χ0n) is 20.8. The van der Waals surface area contributed by atoms with Crippen molar-refractivity contribution in [2.24, 2.45) is 0 Å². The number of nitrogens with one attached hydrogen (secondary N) is 3. The van der Waals surface area contributed by atoms with Crippen molar-refractivity contribution >= 4 is 35.0 Å². The van der Waals surface area contributed by atoms with Gasteiger partial charge in [-0.15, -0.1) is 0 Å². The Hall–Kier alpha value is -4.33. The molecule has 8 nitrogen and oxygen atoms in total. The molecule has 0 heterocycles. The van der Waals surface area contributed by atoms with Crippen LogP contribution in [0.25, 0.3) is 0 Å². The minimum Gasteiger partial charge on any atom is -0.494 e. The summed E-state index contributed by atoms with van der Waals surface area (Å²) >= 11 is 0. The van der Waals surface area contributed by atoms with Gasteiger partial charge in [0.15, 0.2) is 0 Å². The number of para-hydroxylation sites is 1. The largest absolute Gasteiger partial charge is 0.494 e. The highest BCUT2D eigenvalue weighted by Crippen LogP contribution is 2.18. The lowest BCUT2D eigenvalue weighted by atomic mass is 10.1. The molecule has 190 valence electrons. The van der Waals surface area contributed by atoms with Crippen molar-refractivity contribution in [1.29, 1.82) is 0 Å². The zero-order valence-corrected chi connectivity index (χ0v) is 20.8. The monoisotopic (exact) mass is 491 g/mol. The minimum atomic E-state index is -0.851. The van der Waals surface area contributed by atoms with E-state index in [1.165, 1.54) is 0 Å². The zero-order chi connectivity index (χ0) is 26.3. The lowest BCUT2D eigenvalue weighted by Gasteiger charge is -2.10. The van der Waals surface area contributed by atoms with Crippen molar-refractivity contribution in [2.75, 3.05) is 22.6 Å². The molecule has 0 saturated carbocycles. The molecular formula is C28H33N3O5. The molecule has 0 aliphatic rings. The maximum Gasteiger partial charge on any atom is 0.323 e. The van der Waals surface area contributed by atoms with Crippen LogP contribution in [0.3, 0.4) is 0 Å². The van der Waals surface area contributed by atoms with E-state index in [-0.39, 0.29) is 24.8 Å². The highest BCUT2D eigenvalue weighted by Gasteiger charge is 2.07. The number of anilines is 3. The highest BCUT2D eigenvalue weighted by molar-refractivity contribution is 6.00. The first kappa shape index (κ1) is 27.9. The number of rotatable bonds is 10. The van der Waals surface area contributed by atoms with Crippen molar-refractivity contribution in [3.8, 4) is 5.75 Å². The summed E-state index contributed by atoms with van der Waals surface area (Å²) in [5.41, 5.74) is 3.77. The number of carbonyl (C=O) groups excluding carboxylic acids is 2. The van der Waals surface area contributed by atoms with Crippen LogP contribution < -0.4 is 20.7 Å². The average Bonchev–Trinajstić information content (AvgIpc) is 2.86. The number of carbonyl (C=O) groups is 3. The molecule has 8 heteroatoms. The van der Waals surface area contributed by atoms with Crippen LogP contribution in [0.1, 0.15) is 37.8 Å². The Kier molecular flexibility index (Phi) is 11.5. The van der Waals surface area contributed by atoms with Crippen LogP contribution in [0.4, 0.5) is 21.9 Å². The molecule has 36 heavy (non-hydrogen) atoms. The van der Waals surface area contributed by atoms with Gasteiger partial charge < -0.3 is 25.8 Å². The summed E-state index contributed by atoms with van der Waals surface area (Å²) in [4.78, 5) is 35.1. The van der Waals surface area contributed by atoms with Crippen LogP contribution in [-0.4, -0.2) is 29.6 Å². The second kappa shape index (κ2) is 14.8. The SMILES string of the molecule is CC.Cc1ccccc1NC(=O)Nc1ccc(CC(=O)Nc2ccc(OCCCC(=O)O)cc2)cc1. The molecule has 0 radical (unpaired) electrons. The number of hydrogen-bond acceptors (Lipinski definition) is 4. The van der Waals surface area contributed by atoms with E-state index in [2.05, 4.69) is 16.0 Å². The predicted octanol–water partition coefficient (Wildman–Crippen LogP) is 6.09. The average molecular weight is 492 g/mol. The summed E-state index contributed by atoms with van der Waals surface area (Å²) in [7, 11) is 0. The number of carboxylic acid groups (broad SMARTS) is 1. The van der Waals surface area contributed by atoms with Crippen molar-refractivity contribution in [3.05, 3.63) is 83.9 Å². The van der Waals surface area contributed by atoms with E-state index in [9.17, 15) is 14.4 Å². The molecule has 0 aromatic heterocycles. The van der Waals surface area contributed by atoms with Gasteiger partial charge in [-0.1, -0.05) is 44.2 Å². The van der Waals surface area contributed by atoms with Crippen molar-refractivity contribution < 1.29 is 24.2 Å². The lowest BCUT2D eigenvalue weighted by Crippen LogP contribution is -2.20. The molecule has 0 bridgehead atoms. The van der Waals surface area contributed by atoms with Gasteiger partial charge in [-0.25, -0.2) is 4.79 Å². The number of hydrogen-bond donors (Lipinski definition) is 4. The molecule has 0 aliphatic heterocycles. The predicted molar refractivity (Wildman–Crippen MR) is 143 cm³/mol. The molecule has 0 atom stereocenters. The Morgan fingerprint density at radius 2 is 1.42 bits per heavy atom. The number of aryl methyl sites for hydroxylation is 1. The van der Waals surface area contributed by atoms with Crippen LogP contribution in [-0.2, 0) is 16.0 Å². The molecule has 3 aromatic rings. The Morgan fingerprint density at radius 3 is 2.06 bits per heavy atom. The second-order valence-corrected chi connectivity index (χ2v) is 7.69. The number of ether oxygens (including phenoxy) is 1. The molecule has 0 spiro atoms. The number of aliphatic carboxylic acids is 1. The fraction of sp³-hybridized carbons (Fsp3) is 0.250. The fourth-order valence-corrected chi connectivity index (χ4v) is 3.14. The maximum atomic E-state index is 12.4. The highest BCUT2D eigenvalue weighted by atomic mass is 16.5. The van der Waals surface area contributed by atoms with E-state index in [4.69, 9.17) is 9.84 Å². The summed E-state index contributed by atoms with van der Waals surface area (Å²) in [6.07, 6.45) is 0.675. The summed E-state index contributed by atoms with van der Waals surface area (Å²) in [5.74, 6) is -0.415. The lowest BCUT2D eigenvalue weighted by molar-refractivity contribution is -0.137. The number of carboxylic acids is 1. The molecule has 0 unspecified atom stereocenters. The smallest absolute Gasteiger partial charge is 0.323 e. The first-order valence-electron chi connectivity index (χ1n) is 11.9. The normalized spacial score (nSPS) is 9.86. The summed E-state index contributed by atoms with van der Waals surface area (Å²) in [5, 5.41) is 17.0.